The van der Waals surface area contributed by atoms with Gasteiger partial charge in [0.25, 0.3) is 0 Å². The number of hydrogen-bond acceptors (Lipinski definition) is 3. The van der Waals surface area contributed by atoms with Crippen LogP contribution >= 0.6 is 0 Å². The van der Waals surface area contributed by atoms with Gasteiger partial charge in [-0.1, -0.05) is 33.1 Å². The molecule has 0 aliphatic carbocycles. The van der Waals surface area contributed by atoms with E-state index in [1.54, 1.807) is 0 Å². The highest BCUT2D eigenvalue weighted by molar-refractivity contribution is 5.69. The van der Waals surface area contributed by atoms with Crippen LogP contribution in [0.2, 0.25) is 0 Å². The highest BCUT2D eigenvalue weighted by Gasteiger charge is 2.06. The lowest BCUT2D eigenvalue weighted by Crippen LogP contribution is -2.11. The Morgan fingerprint density at radius 2 is 2.00 bits per heavy atom. The zero-order chi connectivity index (χ0) is 11.5. The maximum Gasteiger partial charge on any atom is 0.305 e. The first-order valence-corrected chi connectivity index (χ1v) is 6.04. The molecule has 3 heteroatoms. The molecule has 0 rings (SSSR count). The molecular formula is C12H24O3. The molecule has 0 aliphatic heterocycles. The predicted octanol–water partition coefficient (Wildman–Crippen LogP) is 2.66. The van der Waals surface area contributed by atoms with E-state index in [0.29, 0.717) is 25.9 Å². The van der Waals surface area contributed by atoms with Crippen LogP contribution in [0.25, 0.3) is 0 Å². The first kappa shape index (κ1) is 14.4. The molecule has 0 saturated carbocycles. The molecule has 90 valence electrons. The minimum Gasteiger partial charge on any atom is -0.466 e. The Bertz CT molecular complexity index is 157. The van der Waals surface area contributed by atoms with Crippen molar-refractivity contribution in [3.05, 3.63) is 0 Å². The van der Waals surface area contributed by atoms with Crippen LogP contribution in [0.5, 0.6) is 0 Å². The summed E-state index contributed by atoms with van der Waals surface area (Å²) in [6, 6.07) is 0. The molecule has 0 aromatic rings. The number of esters is 1. The van der Waals surface area contributed by atoms with Gasteiger partial charge in [0.2, 0.25) is 0 Å². The van der Waals surface area contributed by atoms with E-state index in [4.69, 9.17) is 4.74 Å². The normalized spacial score (nSPS) is 12.5. The van der Waals surface area contributed by atoms with E-state index in [2.05, 4.69) is 6.92 Å². The highest BCUT2D eigenvalue weighted by Crippen LogP contribution is 2.04. The largest absolute Gasteiger partial charge is 0.466 e. The van der Waals surface area contributed by atoms with Gasteiger partial charge in [0.15, 0.2) is 0 Å². The second-order valence-electron chi connectivity index (χ2n) is 3.88. The Kier molecular flexibility index (Phi) is 9.59. The molecule has 15 heavy (non-hydrogen) atoms. The van der Waals surface area contributed by atoms with Crippen molar-refractivity contribution in [2.75, 3.05) is 6.61 Å². The Labute approximate surface area is 92.8 Å². The monoisotopic (exact) mass is 216 g/mol. The number of unbranched alkanes of at least 4 members (excludes halogenated alkanes) is 3. The fourth-order valence-electron chi connectivity index (χ4n) is 1.28. The molecular weight excluding hydrogens is 192 g/mol. The average molecular weight is 216 g/mol. The molecule has 1 N–H and O–H groups in total. The van der Waals surface area contributed by atoms with Crippen molar-refractivity contribution in [3.8, 4) is 0 Å². The summed E-state index contributed by atoms with van der Waals surface area (Å²) in [4.78, 5) is 11.2. The molecule has 0 heterocycles. The van der Waals surface area contributed by atoms with Crippen molar-refractivity contribution in [3.63, 3.8) is 0 Å². The Morgan fingerprint density at radius 3 is 2.60 bits per heavy atom. The van der Waals surface area contributed by atoms with Gasteiger partial charge in [-0.3, -0.25) is 4.79 Å². The van der Waals surface area contributed by atoms with Crippen LogP contribution in [0.4, 0.5) is 0 Å². The van der Waals surface area contributed by atoms with Gasteiger partial charge < -0.3 is 9.84 Å². The summed E-state index contributed by atoms with van der Waals surface area (Å²) in [5, 5.41) is 9.24. The standard InChI is InChI=1S/C12H24O3/c1-3-5-6-7-10-15-12(14)9-8-11(13)4-2/h11,13H,3-10H2,1-2H3. The molecule has 1 atom stereocenters. The van der Waals surface area contributed by atoms with Crippen molar-refractivity contribution in [1.82, 2.24) is 0 Å². The van der Waals surface area contributed by atoms with E-state index in [0.717, 1.165) is 12.8 Å². The lowest BCUT2D eigenvalue weighted by molar-refractivity contribution is -0.144. The minimum absolute atomic E-state index is 0.181. The quantitative estimate of drug-likeness (QED) is 0.476. The van der Waals surface area contributed by atoms with Crippen LogP contribution in [0.15, 0.2) is 0 Å². The number of carbonyl (C=O) groups excluding carboxylic acids is 1. The smallest absolute Gasteiger partial charge is 0.305 e. The Morgan fingerprint density at radius 1 is 1.27 bits per heavy atom. The topological polar surface area (TPSA) is 46.5 Å². The molecule has 0 amide bonds. The summed E-state index contributed by atoms with van der Waals surface area (Å²) in [6.07, 6.45) is 5.66. The zero-order valence-electron chi connectivity index (χ0n) is 10.00. The molecule has 0 aliphatic rings. The molecule has 0 aromatic carbocycles. The molecule has 3 nitrogen and oxygen atoms in total. The lowest BCUT2D eigenvalue weighted by atomic mass is 10.1. The van der Waals surface area contributed by atoms with E-state index in [1.165, 1.54) is 12.8 Å². The third-order valence-electron chi connectivity index (χ3n) is 2.41. The third-order valence-corrected chi connectivity index (χ3v) is 2.41. The van der Waals surface area contributed by atoms with Crippen LogP contribution in [-0.2, 0) is 9.53 Å². The van der Waals surface area contributed by atoms with Gasteiger partial charge >= 0.3 is 5.97 Å². The van der Waals surface area contributed by atoms with E-state index in [-0.39, 0.29) is 12.1 Å². The summed E-state index contributed by atoms with van der Waals surface area (Å²) in [5.74, 6) is -0.181. The van der Waals surface area contributed by atoms with Gasteiger partial charge in [0.05, 0.1) is 12.7 Å². The number of rotatable bonds is 9. The summed E-state index contributed by atoms with van der Waals surface area (Å²) in [5.41, 5.74) is 0. The third kappa shape index (κ3) is 9.73. The molecule has 0 radical (unpaired) electrons. The zero-order valence-corrected chi connectivity index (χ0v) is 10.00. The van der Waals surface area contributed by atoms with E-state index < -0.39 is 0 Å². The second kappa shape index (κ2) is 9.97. The van der Waals surface area contributed by atoms with Crippen LogP contribution in [0.1, 0.15) is 58.8 Å². The van der Waals surface area contributed by atoms with E-state index in [1.807, 2.05) is 6.92 Å². The highest BCUT2D eigenvalue weighted by atomic mass is 16.5. The first-order chi connectivity index (χ1) is 7.20. The molecule has 0 saturated heterocycles. The minimum atomic E-state index is -0.363. The SMILES string of the molecule is CCCCCCOC(=O)CCC(O)CC. The van der Waals surface area contributed by atoms with Gasteiger partial charge in [-0.05, 0) is 19.3 Å². The molecule has 0 fully saturated rings. The average Bonchev–Trinajstić information content (AvgIpc) is 2.25. The van der Waals surface area contributed by atoms with E-state index >= 15 is 0 Å². The van der Waals surface area contributed by atoms with Crippen molar-refractivity contribution >= 4 is 5.97 Å². The van der Waals surface area contributed by atoms with E-state index in [9.17, 15) is 9.90 Å². The maximum absolute atomic E-state index is 11.2. The van der Waals surface area contributed by atoms with Crippen LogP contribution in [0, 0.1) is 0 Å². The maximum atomic E-state index is 11.2. The van der Waals surface area contributed by atoms with Crippen molar-refractivity contribution in [2.45, 2.75) is 64.9 Å². The van der Waals surface area contributed by atoms with Crippen LogP contribution < -0.4 is 0 Å². The Hall–Kier alpha value is -0.570. The van der Waals surface area contributed by atoms with Crippen molar-refractivity contribution < 1.29 is 14.6 Å². The summed E-state index contributed by atoms with van der Waals surface area (Å²) < 4.78 is 5.03. The lowest BCUT2D eigenvalue weighted by Gasteiger charge is -2.07. The number of aliphatic hydroxyl groups excluding tert-OH is 1. The van der Waals surface area contributed by atoms with Crippen molar-refractivity contribution in [2.24, 2.45) is 0 Å². The number of carbonyl (C=O) groups is 1. The molecule has 0 aromatic heterocycles. The summed E-state index contributed by atoms with van der Waals surface area (Å²) in [6.45, 7) is 4.58. The predicted molar refractivity (Wildman–Crippen MR) is 60.6 cm³/mol. The van der Waals surface area contributed by atoms with Gasteiger partial charge in [0, 0.05) is 6.42 Å². The fourth-order valence-corrected chi connectivity index (χ4v) is 1.28. The molecule has 0 bridgehead atoms. The summed E-state index contributed by atoms with van der Waals surface area (Å²) in [7, 11) is 0. The van der Waals surface area contributed by atoms with Gasteiger partial charge in [-0.25, -0.2) is 0 Å². The summed E-state index contributed by atoms with van der Waals surface area (Å²) >= 11 is 0. The number of aliphatic hydroxyl groups is 1. The molecule has 1 unspecified atom stereocenters. The van der Waals surface area contributed by atoms with Gasteiger partial charge in [-0.15, -0.1) is 0 Å². The van der Waals surface area contributed by atoms with Crippen molar-refractivity contribution in [1.29, 1.82) is 0 Å². The number of hydrogen-bond donors (Lipinski definition) is 1. The number of ether oxygens (including phenoxy) is 1. The van der Waals surface area contributed by atoms with Gasteiger partial charge in [0.1, 0.15) is 0 Å². The fraction of sp³-hybridized carbons (Fsp3) is 0.917. The van der Waals surface area contributed by atoms with Crippen LogP contribution in [0.3, 0.4) is 0 Å². The Balaban J connectivity index is 3.26. The molecule has 0 spiro atoms. The van der Waals surface area contributed by atoms with Gasteiger partial charge in [-0.2, -0.15) is 0 Å². The van der Waals surface area contributed by atoms with Crippen LogP contribution in [-0.4, -0.2) is 23.8 Å². The first-order valence-electron chi connectivity index (χ1n) is 6.04. The second-order valence-corrected chi connectivity index (χ2v) is 3.88.